The van der Waals surface area contributed by atoms with Crippen molar-refractivity contribution >= 4 is 5.91 Å². The van der Waals surface area contributed by atoms with E-state index in [4.69, 9.17) is 4.52 Å². The number of aromatic nitrogens is 2. The highest BCUT2D eigenvalue weighted by Gasteiger charge is 2.19. The lowest BCUT2D eigenvalue weighted by atomic mass is 10.0. The first kappa shape index (κ1) is 20.3. The molecule has 0 radical (unpaired) electrons. The Labute approximate surface area is 181 Å². The standard InChI is InChI=1S/C26H23N3O2/c1-3-17-29(18-24-27-25(28-31-24)22-11-9-19(2)10-12-22)26(30)23-15-13-21(14-16-23)20-7-5-4-6-8-20/h3-16H,1,17-18H2,2H3. The van der Waals surface area contributed by atoms with Gasteiger partial charge in [-0.25, -0.2) is 0 Å². The summed E-state index contributed by atoms with van der Waals surface area (Å²) in [6.07, 6.45) is 1.69. The van der Waals surface area contributed by atoms with Crippen molar-refractivity contribution in [3.8, 4) is 22.5 Å². The van der Waals surface area contributed by atoms with Crippen molar-refractivity contribution in [3.05, 3.63) is 109 Å². The molecule has 0 saturated carbocycles. The van der Waals surface area contributed by atoms with Crippen molar-refractivity contribution in [1.82, 2.24) is 15.0 Å². The molecule has 154 valence electrons. The third kappa shape index (κ3) is 4.78. The van der Waals surface area contributed by atoms with E-state index >= 15 is 0 Å². The van der Waals surface area contributed by atoms with Crippen LogP contribution in [0.15, 0.2) is 96.0 Å². The molecule has 5 heteroatoms. The Balaban J connectivity index is 1.50. The summed E-state index contributed by atoms with van der Waals surface area (Å²) in [6, 6.07) is 25.5. The van der Waals surface area contributed by atoms with Crippen molar-refractivity contribution in [2.24, 2.45) is 0 Å². The Kier molecular flexibility index (Phi) is 6.03. The fraction of sp³-hybridized carbons (Fsp3) is 0.115. The quantitative estimate of drug-likeness (QED) is 0.376. The highest BCUT2D eigenvalue weighted by Crippen LogP contribution is 2.21. The normalized spacial score (nSPS) is 10.6. The van der Waals surface area contributed by atoms with Crippen LogP contribution < -0.4 is 0 Å². The second-order valence-corrected chi connectivity index (χ2v) is 7.30. The van der Waals surface area contributed by atoms with E-state index in [1.807, 2.05) is 85.8 Å². The van der Waals surface area contributed by atoms with E-state index in [0.29, 0.717) is 23.8 Å². The first-order valence-corrected chi connectivity index (χ1v) is 10.1. The minimum Gasteiger partial charge on any atom is -0.337 e. The van der Waals surface area contributed by atoms with Gasteiger partial charge in [0, 0.05) is 17.7 Å². The van der Waals surface area contributed by atoms with Crippen molar-refractivity contribution in [2.75, 3.05) is 6.54 Å². The van der Waals surface area contributed by atoms with Gasteiger partial charge in [-0.15, -0.1) is 6.58 Å². The minimum atomic E-state index is -0.116. The molecule has 0 aliphatic carbocycles. The number of aryl methyl sites for hydroxylation is 1. The summed E-state index contributed by atoms with van der Waals surface area (Å²) >= 11 is 0. The number of carbonyl (C=O) groups is 1. The van der Waals surface area contributed by atoms with Crippen LogP contribution in [0.5, 0.6) is 0 Å². The van der Waals surface area contributed by atoms with E-state index in [2.05, 4.69) is 16.7 Å². The molecule has 1 heterocycles. The molecule has 0 spiro atoms. The van der Waals surface area contributed by atoms with Crippen molar-refractivity contribution in [1.29, 1.82) is 0 Å². The van der Waals surface area contributed by atoms with Crippen molar-refractivity contribution in [3.63, 3.8) is 0 Å². The van der Waals surface area contributed by atoms with Crippen LogP contribution in [0.3, 0.4) is 0 Å². The van der Waals surface area contributed by atoms with E-state index in [0.717, 1.165) is 22.3 Å². The molecule has 3 aromatic carbocycles. The first-order valence-electron chi connectivity index (χ1n) is 10.1. The van der Waals surface area contributed by atoms with E-state index in [1.165, 1.54) is 0 Å². The van der Waals surface area contributed by atoms with Crippen molar-refractivity contribution in [2.45, 2.75) is 13.5 Å². The molecule has 0 saturated heterocycles. The predicted octanol–water partition coefficient (Wildman–Crippen LogP) is 5.54. The van der Waals surface area contributed by atoms with E-state index < -0.39 is 0 Å². The molecule has 0 unspecified atom stereocenters. The molecule has 4 aromatic rings. The Morgan fingerprint density at radius 2 is 1.58 bits per heavy atom. The summed E-state index contributed by atoms with van der Waals surface area (Å²) in [5, 5.41) is 4.06. The van der Waals surface area contributed by atoms with Crippen LogP contribution in [0.4, 0.5) is 0 Å². The number of amides is 1. The van der Waals surface area contributed by atoms with Gasteiger partial charge in [0.15, 0.2) is 0 Å². The summed E-state index contributed by atoms with van der Waals surface area (Å²) in [4.78, 5) is 19.2. The van der Waals surface area contributed by atoms with Gasteiger partial charge in [0.1, 0.15) is 6.54 Å². The summed E-state index contributed by atoms with van der Waals surface area (Å²) < 4.78 is 5.40. The first-order chi connectivity index (χ1) is 15.1. The largest absolute Gasteiger partial charge is 0.337 e. The number of nitrogens with zero attached hydrogens (tertiary/aromatic N) is 3. The highest BCUT2D eigenvalue weighted by molar-refractivity contribution is 5.94. The predicted molar refractivity (Wildman–Crippen MR) is 121 cm³/mol. The average molecular weight is 409 g/mol. The van der Waals surface area contributed by atoms with Gasteiger partial charge in [0.25, 0.3) is 5.91 Å². The molecule has 4 rings (SSSR count). The van der Waals surface area contributed by atoms with Crippen LogP contribution in [0, 0.1) is 6.92 Å². The van der Waals surface area contributed by atoms with Crippen molar-refractivity contribution < 1.29 is 9.32 Å². The maximum atomic E-state index is 13.1. The number of hydrogen-bond acceptors (Lipinski definition) is 4. The van der Waals surface area contributed by atoms with Gasteiger partial charge in [-0.05, 0) is 30.2 Å². The topological polar surface area (TPSA) is 59.2 Å². The fourth-order valence-corrected chi connectivity index (χ4v) is 3.30. The highest BCUT2D eigenvalue weighted by atomic mass is 16.5. The lowest BCUT2D eigenvalue weighted by Crippen LogP contribution is -2.30. The fourth-order valence-electron chi connectivity index (χ4n) is 3.30. The SMILES string of the molecule is C=CCN(Cc1nc(-c2ccc(C)cc2)no1)C(=O)c1ccc(-c2ccccc2)cc1. The monoisotopic (exact) mass is 409 g/mol. The zero-order valence-corrected chi connectivity index (χ0v) is 17.4. The smallest absolute Gasteiger partial charge is 0.254 e. The van der Waals surface area contributed by atoms with E-state index in [9.17, 15) is 4.79 Å². The second kappa shape index (κ2) is 9.22. The Bertz CT molecular complexity index is 1160. The zero-order chi connectivity index (χ0) is 21.6. The van der Waals surface area contributed by atoms with Crippen LogP contribution >= 0.6 is 0 Å². The molecular weight excluding hydrogens is 386 g/mol. The average Bonchev–Trinajstić information content (AvgIpc) is 3.28. The maximum Gasteiger partial charge on any atom is 0.254 e. The van der Waals surface area contributed by atoms with Gasteiger partial charge >= 0.3 is 0 Å². The number of benzene rings is 3. The lowest BCUT2D eigenvalue weighted by molar-refractivity contribution is 0.0745. The van der Waals surface area contributed by atoms with Crippen LogP contribution in [-0.4, -0.2) is 27.5 Å². The summed E-state index contributed by atoms with van der Waals surface area (Å²) in [7, 11) is 0. The van der Waals surface area contributed by atoms with Gasteiger partial charge in [-0.2, -0.15) is 4.98 Å². The van der Waals surface area contributed by atoms with Gasteiger partial charge in [0.05, 0.1) is 0 Å². The van der Waals surface area contributed by atoms with E-state index in [1.54, 1.807) is 11.0 Å². The molecule has 5 nitrogen and oxygen atoms in total. The molecule has 0 atom stereocenters. The molecule has 0 bridgehead atoms. The second-order valence-electron chi connectivity index (χ2n) is 7.30. The lowest BCUT2D eigenvalue weighted by Gasteiger charge is -2.19. The molecule has 0 N–H and O–H groups in total. The van der Waals surface area contributed by atoms with Gasteiger partial charge in [-0.3, -0.25) is 4.79 Å². The molecule has 0 aliphatic rings. The third-order valence-electron chi connectivity index (χ3n) is 4.98. The third-order valence-corrected chi connectivity index (χ3v) is 4.98. The van der Waals surface area contributed by atoms with E-state index in [-0.39, 0.29) is 12.5 Å². The van der Waals surface area contributed by atoms with Crippen LogP contribution in [0.2, 0.25) is 0 Å². The number of rotatable bonds is 7. The minimum absolute atomic E-state index is 0.116. The Morgan fingerprint density at radius 1 is 0.935 bits per heavy atom. The molecule has 31 heavy (non-hydrogen) atoms. The van der Waals surface area contributed by atoms with Crippen LogP contribution in [0.1, 0.15) is 21.8 Å². The van der Waals surface area contributed by atoms with Gasteiger partial charge in [0.2, 0.25) is 11.7 Å². The molecule has 1 amide bonds. The van der Waals surface area contributed by atoms with Crippen LogP contribution in [-0.2, 0) is 6.54 Å². The maximum absolute atomic E-state index is 13.1. The zero-order valence-electron chi connectivity index (χ0n) is 17.4. The Hall–Kier alpha value is -3.99. The summed E-state index contributed by atoms with van der Waals surface area (Å²) in [5.41, 5.74) is 4.80. The van der Waals surface area contributed by atoms with Crippen LogP contribution in [0.25, 0.3) is 22.5 Å². The molecular formula is C26H23N3O2. The molecule has 0 fully saturated rings. The summed E-state index contributed by atoms with van der Waals surface area (Å²) in [6.45, 7) is 6.39. The number of hydrogen-bond donors (Lipinski definition) is 0. The van der Waals surface area contributed by atoms with Gasteiger partial charge in [-0.1, -0.05) is 83.5 Å². The summed E-state index contributed by atoms with van der Waals surface area (Å²) in [5.74, 6) is 0.773. The molecule has 0 aliphatic heterocycles. The number of carbonyl (C=O) groups excluding carboxylic acids is 1. The molecule has 1 aromatic heterocycles. The van der Waals surface area contributed by atoms with Gasteiger partial charge < -0.3 is 9.42 Å². The Morgan fingerprint density at radius 3 is 2.26 bits per heavy atom.